The highest BCUT2D eigenvalue weighted by atomic mass is 32.2. The minimum Gasteiger partial charge on any atom is -0.481 e. The highest BCUT2D eigenvalue weighted by Gasteiger charge is 2.22. The van der Waals surface area contributed by atoms with E-state index in [2.05, 4.69) is 0 Å². The zero-order valence-corrected chi connectivity index (χ0v) is 11.8. The Morgan fingerprint density at radius 3 is 2.89 bits per heavy atom. The van der Waals surface area contributed by atoms with Gasteiger partial charge in [-0.2, -0.15) is 0 Å². The highest BCUT2D eigenvalue weighted by Crippen LogP contribution is 2.38. The minimum absolute atomic E-state index is 0.0344. The Balaban J connectivity index is 2.38. The largest absolute Gasteiger partial charge is 0.481 e. The van der Waals surface area contributed by atoms with Gasteiger partial charge < -0.3 is 5.11 Å². The van der Waals surface area contributed by atoms with Crippen LogP contribution in [0.15, 0.2) is 23.1 Å². The summed E-state index contributed by atoms with van der Waals surface area (Å²) in [6.07, 6.45) is 2.54. The van der Waals surface area contributed by atoms with E-state index in [9.17, 15) is 9.59 Å². The van der Waals surface area contributed by atoms with Crippen LogP contribution in [-0.4, -0.2) is 22.6 Å². The minimum atomic E-state index is -0.768. The molecule has 1 N–H and O–H groups in total. The third-order valence-electron chi connectivity index (χ3n) is 3.47. The number of ketones is 1. The summed E-state index contributed by atoms with van der Waals surface area (Å²) in [4.78, 5) is 23.9. The molecule has 102 valence electrons. The standard InChI is InChI=1S/C15H18O3S/c1-2-13(16)11-5-6-14-12(8-11)10(9-15(17)18)4-3-7-19-14/h5-6,8,10H,2-4,7,9H2,1H3,(H,17,18). The molecule has 1 atom stereocenters. The summed E-state index contributed by atoms with van der Waals surface area (Å²) in [6, 6.07) is 5.75. The number of carboxylic acid groups (broad SMARTS) is 1. The summed E-state index contributed by atoms with van der Waals surface area (Å²) in [6.45, 7) is 1.84. The zero-order chi connectivity index (χ0) is 13.8. The van der Waals surface area contributed by atoms with E-state index in [1.54, 1.807) is 11.8 Å². The lowest BCUT2D eigenvalue weighted by Gasteiger charge is -2.16. The lowest BCUT2D eigenvalue weighted by Crippen LogP contribution is -2.08. The molecular formula is C15H18O3S. The predicted molar refractivity (Wildman–Crippen MR) is 76.0 cm³/mol. The molecule has 1 unspecified atom stereocenters. The fourth-order valence-corrected chi connectivity index (χ4v) is 3.55. The zero-order valence-electron chi connectivity index (χ0n) is 11.0. The molecule has 4 heteroatoms. The van der Waals surface area contributed by atoms with Gasteiger partial charge in [0.2, 0.25) is 0 Å². The molecule has 0 radical (unpaired) electrons. The molecule has 0 amide bonds. The molecule has 0 aliphatic carbocycles. The maximum Gasteiger partial charge on any atom is 0.303 e. The number of aliphatic carboxylic acids is 1. The van der Waals surface area contributed by atoms with Crippen molar-refractivity contribution >= 4 is 23.5 Å². The summed E-state index contributed by atoms with van der Waals surface area (Å²) < 4.78 is 0. The van der Waals surface area contributed by atoms with Crippen molar-refractivity contribution in [3.05, 3.63) is 29.3 Å². The second-order valence-electron chi connectivity index (χ2n) is 4.81. The summed E-state index contributed by atoms with van der Waals surface area (Å²) in [7, 11) is 0. The number of hydrogen-bond acceptors (Lipinski definition) is 3. The number of benzene rings is 1. The van der Waals surface area contributed by atoms with Crippen LogP contribution in [0.2, 0.25) is 0 Å². The van der Waals surface area contributed by atoms with Gasteiger partial charge in [-0.1, -0.05) is 13.0 Å². The van der Waals surface area contributed by atoms with Gasteiger partial charge in [0, 0.05) is 16.9 Å². The molecule has 0 bridgehead atoms. The van der Waals surface area contributed by atoms with Crippen LogP contribution in [-0.2, 0) is 4.79 Å². The topological polar surface area (TPSA) is 54.4 Å². The Hall–Kier alpha value is -1.29. The van der Waals surface area contributed by atoms with Gasteiger partial charge in [-0.15, -0.1) is 11.8 Å². The SMILES string of the molecule is CCC(=O)c1ccc2c(c1)C(CC(=O)O)CCCS2. The number of carboxylic acids is 1. The third-order valence-corrected chi connectivity index (χ3v) is 4.64. The monoisotopic (exact) mass is 278 g/mol. The van der Waals surface area contributed by atoms with E-state index < -0.39 is 5.97 Å². The predicted octanol–water partition coefficient (Wildman–Crippen LogP) is 3.72. The highest BCUT2D eigenvalue weighted by molar-refractivity contribution is 7.99. The van der Waals surface area contributed by atoms with Crippen molar-refractivity contribution in [2.24, 2.45) is 0 Å². The number of Topliss-reactive ketones (excluding diaryl/α,β-unsaturated/α-hetero) is 1. The average molecular weight is 278 g/mol. The number of fused-ring (bicyclic) bond motifs is 1. The number of carbonyl (C=O) groups excluding carboxylic acids is 1. The second-order valence-corrected chi connectivity index (χ2v) is 5.95. The third kappa shape index (κ3) is 3.38. The molecule has 2 rings (SSSR count). The normalized spacial score (nSPS) is 18.5. The Kier molecular flexibility index (Phi) is 4.64. The van der Waals surface area contributed by atoms with E-state index in [0.717, 1.165) is 29.1 Å². The van der Waals surface area contributed by atoms with Crippen molar-refractivity contribution in [2.45, 2.75) is 43.4 Å². The van der Waals surface area contributed by atoms with Gasteiger partial charge in [0.1, 0.15) is 0 Å². The van der Waals surface area contributed by atoms with Crippen LogP contribution in [0.25, 0.3) is 0 Å². The molecule has 0 aromatic heterocycles. The average Bonchev–Trinajstić information content (AvgIpc) is 2.59. The number of thioether (sulfide) groups is 1. The first-order valence-electron chi connectivity index (χ1n) is 6.63. The smallest absolute Gasteiger partial charge is 0.303 e. The van der Waals surface area contributed by atoms with Crippen LogP contribution < -0.4 is 0 Å². The summed E-state index contributed by atoms with van der Waals surface area (Å²) in [5.74, 6) is 0.401. The Bertz CT molecular complexity index is 496. The van der Waals surface area contributed by atoms with E-state index in [0.29, 0.717) is 12.0 Å². The molecular weight excluding hydrogens is 260 g/mol. The summed E-state index contributed by atoms with van der Waals surface area (Å²) in [5.41, 5.74) is 1.75. The molecule has 0 fully saturated rings. The van der Waals surface area contributed by atoms with Gasteiger partial charge in [0.25, 0.3) is 0 Å². The van der Waals surface area contributed by atoms with Crippen molar-refractivity contribution in [3.8, 4) is 0 Å². The van der Waals surface area contributed by atoms with Gasteiger partial charge in [0.05, 0.1) is 6.42 Å². The van der Waals surface area contributed by atoms with E-state index in [1.807, 2.05) is 25.1 Å². The van der Waals surface area contributed by atoms with Gasteiger partial charge in [-0.3, -0.25) is 9.59 Å². The number of hydrogen-bond donors (Lipinski definition) is 1. The molecule has 1 aromatic rings. The molecule has 0 saturated heterocycles. The Morgan fingerprint density at radius 2 is 2.21 bits per heavy atom. The number of rotatable bonds is 4. The van der Waals surface area contributed by atoms with E-state index in [4.69, 9.17) is 5.11 Å². The summed E-state index contributed by atoms with van der Waals surface area (Å²) >= 11 is 1.76. The first-order chi connectivity index (χ1) is 9.11. The van der Waals surface area contributed by atoms with Crippen LogP contribution in [0, 0.1) is 0 Å². The molecule has 3 nitrogen and oxygen atoms in total. The van der Waals surface area contributed by atoms with Gasteiger partial charge >= 0.3 is 5.97 Å². The molecule has 1 aromatic carbocycles. The van der Waals surface area contributed by atoms with Crippen LogP contribution >= 0.6 is 11.8 Å². The van der Waals surface area contributed by atoms with Gasteiger partial charge in [-0.05, 0) is 42.2 Å². The van der Waals surface area contributed by atoms with E-state index in [-0.39, 0.29) is 18.1 Å². The van der Waals surface area contributed by atoms with Crippen LogP contribution in [0.3, 0.4) is 0 Å². The van der Waals surface area contributed by atoms with Gasteiger partial charge in [-0.25, -0.2) is 0 Å². The molecule has 1 aliphatic heterocycles. The summed E-state index contributed by atoms with van der Waals surface area (Å²) in [5, 5.41) is 9.03. The molecule has 19 heavy (non-hydrogen) atoms. The van der Waals surface area contributed by atoms with Crippen LogP contribution in [0.1, 0.15) is 54.4 Å². The molecule has 1 heterocycles. The van der Waals surface area contributed by atoms with Crippen molar-refractivity contribution in [3.63, 3.8) is 0 Å². The Morgan fingerprint density at radius 1 is 1.42 bits per heavy atom. The lowest BCUT2D eigenvalue weighted by atomic mass is 9.89. The van der Waals surface area contributed by atoms with Crippen molar-refractivity contribution in [1.82, 2.24) is 0 Å². The Labute approximate surface area is 117 Å². The maximum absolute atomic E-state index is 11.8. The maximum atomic E-state index is 11.8. The van der Waals surface area contributed by atoms with Crippen LogP contribution in [0.4, 0.5) is 0 Å². The van der Waals surface area contributed by atoms with E-state index in [1.165, 1.54) is 0 Å². The fourth-order valence-electron chi connectivity index (χ4n) is 2.47. The second kappa shape index (κ2) is 6.24. The lowest BCUT2D eigenvalue weighted by molar-refractivity contribution is -0.137. The fraction of sp³-hybridized carbons (Fsp3) is 0.467. The first-order valence-corrected chi connectivity index (χ1v) is 7.62. The van der Waals surface area contributed by atoms with Gasteiger partial charge in [0.15, 0.2) is 5.78 Å². The van der Waals surface area contributed by atoms with Crippen molar-refractivity contribution < 1.29 is 14.7 Å². The van der Waals surface area contributed by atoms with Crippen molar-refractivity contribution in [1.29, 1.82) is 0 Å². The van der Waals surface area contributed by atoms with Crippen molar-refractivity contribution in [2.75, 3.05) is 5.75 Å². The quantitative estimate of drug-likeness (QED) is 0.853. The van der Waals surface area contributed by atoms with Crippen LogP contribution in [0.5, 0.6) is 0 Å². The molecule has 0 spiro atoms. The van der Waals surface area contributed by atoms with E-state index >= 15 is 0 Å². The first kappa shape index (κ1) is 14.1. The number of carbonyl (C=O) groups is 2. The molecule has 1 aliphatic rings. The molecule has 0 saturated carbocycles.